The molecule has 7 heteroatoms. The van der Waals surface area contributed by atoms with E-state index in [0.717, 1.165) is 121 Å². The van der Waals surface area contributed by atoms with Crippen molar-refractivity contribution in [2.24, 2.45) is 0 Å². The van der Waals surface area contributed by atoms with E-state index in [1.54, 1.807) is 0 Å². The summed E-state index contributed by atoms with van der Waals surface area (Å²) < 4.78 is 9.67. The lowest BCUT2D eigenvalue weighted by Gasteiger charge is -2.26. The number of rotatable bonds is 5. The van der Waals surface area contributed by atoms with E-state index in [1.807, 2.05) is 24.8 Å². The summed E-state index contributed by atoms with van der Waals surface area (Å²) in [5.41, 5.74) is 12.5. The van der Waals surface area contributed by atoms with Crippen LogP contribution in [-0.2, 0) is 0 Å². The molecule has 7 heterocycles. The Morgan fingerprint density at radius 3 is 0.938 bits per heavy atom. The fraction of sp³-hybridized carbons (Fsp3) is 0. The number of hydrogen-bond acceptors (Lipinski definition) is 3. The van der Waals surface area contributed by atoms with E-state index in [1.165, 1.54) is 0 Å². The van der Waals surface area contributed by atoms with Crippen LogP contribution in [0.5, 0.6) is 0 Å². The van der Waals surface area contributed by atoms with Crippen LogP contribution >= 0.6 is 0 Å². The molecule has 298 valence electrons. The van der Waals surface area contributed by atoms with Gasteiger partial charge in [0.1, 0.15) is 11.4 Å². The lowest BCUT2D eigenvalue weighted by molar-refractivity contribution is 0.961. The molecule has 0 saturated heterocycles. The molecule has 7 nitrogen and oxygen atoms in total. The number of para-hydroxylation sites is 6. The first-order valence-corrected chi connectivity index (χ1v) is 21.6. The van der Waals surface area contributed by atoms with Gasteiger partial charge in [0, 0.05) is 73.4 Å². The molecule has 0 unspecified atom stereocenters. The molecule has 0 aliphatic heterocycles. The molecule has 7 aromatic heterocycles. The van der Waals surface area contributed by atoms with Crippen LogP contribution < -0.4 is 0 Å². The Kier molecular flexibility index (Phi) is 7.27. The highest BCUT2D eigenvalue weighted by molar-refractivity contribution is 6.15. The number of nitrogens with zero attached hydrogens (tertiary/aromatic N) is 7. The van der Waals surface area contributed by atoms with Gasteiger partial charge in [-0.2, -0.15) is 0 Å². The third-order valence-electron chi connectivity index (χ3n) is 13.2. The highest BCUT2D eigenvalue weighted by Crippen LogP contribution is 2.48. The van der Waals surface area contributed by atoms with E-state index in [4.69, 9.17) is 4.98 Å². The molecule has 0 aliphatic carbocycles. The average molecular weight is 818 g/mol. The largest absolute Gasteiger partial charge is 0.305 e. The van der Waals surface area contributed by atoms with Gasteiger partial charge in [-0.3, -0.25) is 19.1 Å². The van der Waals surface area contributed by atoms with Crippen molar-refractivity contribution >= 4 is 87.2 Å². The van der Waals surface area contributed by atoms with Crippen molar-refractivity contribution in [3.05, 3.63) is 213 Å². The normalized spacial score (nSPS) is 12.1. The van der Waals surface area contributed by atoms with Crippen LogP contribution in [0.1, 0.15) is 0 Å². The first-order valence-electron chi connectivity index (χ1n) is 21.6. The first kappa shape index (κ1) is 34.9. The van der Waals surface area contributed by atoms with Gasteiger partial charge in [-0.1, -0.05) is 140 Å². The van der Waals surface area contributed by atoms with Gasteiger partial charge in [0.05, 0.1) is 44.1 Å². The monoisotopic (exact) mass is 817 g/mol. The smallest absolute Gasteiger partial charge is 0.165 e. The second-order valence-corrected chi connectivity index (χ2v) is 16.4. The molecule has 0 N–H and O–H groups in total. The van der Waals surface area contributed by atoms with Gasteiger partial charge >= 0.3 is 0 Å². The Hall–Kier alpha value is -8.81. The number of pyridine rings is 3. The number of aromatic nitrogens is 7. The van der Waals surface area contributed by atoms with Crippen molar-refractivity contribution in [1.82, 2.24) is 33.2 Å². The highest BCUT2D eigenvalue weighted by atomic mass is 15.2. The molecule has 0 spiro atoms. The van der Waals surface area contributed by atoms with Crippen molar-refractivity contribution < 1.29 is 0 Å². The van der Waals surface area contributed by atoms with E-state index >= 15 is 0 Å². The Bertz CT molecular complexity index is 3740. The van der Waals surface area contributed by atoms with Gasteiger partial charge < -0.3 is 9.13 Å². The number of benzene rings is 7. The summed E-state index contributed by atoms with van der Waals surface area (Å²) >= 11 is 0. The van der Waals surface area contributed by atoms with E-state index in [9.17, 15) is 0 Å². The zero-order chi connectivity index (χ0) is 41.9. The molecule has 0 saturated carbocycles. The van der Waals surface area contributed by atoms with Crippen molar-refractivity contribution in [3.63, 3.8) is 0 Å². The SMILES string of the molecule is c1ccc(-c2c(-n3c4ccccc4c4cnccc43)c(-n3c4ccccc4c4ccccc43)nc(-n3c4ccccc4c4ccccc43)c2-n2c3ccccc3c3cnccc32)cc1. The summed E-state index contributed by atoms with van der Waals surface area (Å²) in [6.45, 7) is 0. The molecule has 0 amide bonds. The minimum atomic E-state index is 0.804. The Balaban J connectivity index is 1.33. The van der Waals surface area contributed by atoms with Crippen molar-refractivity contribution in [3.8, 4) is 34.1 Å². The van der Waals surface area contributed by atoms with Gasteiger partial charge in [0.15, 0.2) is 11.6 Å². The predicted molar refractivity (Wildman–Crippen MR) is 263 cm³/mol. The maximum Gasteiger partial charge on any atom is 0.165 e. The van der Waals surface area contributed by atoms with Crippen LogP contribution in [-0.4, -0.2) is 33.2 Å². The second kappa shape index (κ2) is 13.3. The Labute approximate surface area is 366 Å². The van der Waals surface area contributed by atoms with Crippen LogP contribution in [0.4, 0.5) is 0 Å². The van der Waals surface area contributed by atoms with Crippen LogP contribution in [0, 0.1) is 0 Å². The summed E-state index contributed by atoms with van der Waals surface area (Å²) in [6, 6.07) is 67.5. The minimum Gasteiger partial charge on any atom is -0.305 e. The van der Waals surface area contributed by atoms with Gasteiger partial charge in [0.25, 0.3) is 0 Å². The zero-order valence-corrected chi connectivity index (χ0v) is 34.3. The average Bonchev–Trinajstić information content (AvgIpc) is 4.09. The van der Waals surface area contributed by atoms with Crippen LogP contribution in [0.3, 0.4) is 0 Å². The second-order valence-electron chi connectivity index (χ2n) is 16.4. The molecule has 0 atom stereocenters. The molecule has 7 aromatic carbocycles. The van der Waals surface area contributed by atoms with Gasteiger partial charge in [-0.05, 0) is 54.1 Å². The molecule has 14 rings (SSSR count). The van der Waals surface area contributed by atoms with Crippen molar-refractivity contribution in [2.75, 3.05) is 0 Å². The topological polar surface area (TPSA) is 58.4 Å². The molecule has 64 heavy (non-hydrogen) atoms. The lowest BCUT2D eigenvalue weighted by Crippen LogP contribution is -2.16. The van der Waals surface area contributed by atoms with E-state index in [0.29, 0.717) is 0 Å². The standard InChI is InChI=1S/C57H35N7/c1-2-16-36(17-3-1)53-54(61-45-24-10-8-22-41(45)43-34-58-32-30-51(43)61)56(63-47-26-12-4-18-37(47)38-19-5-13-27-48(38)63)60-57(64-49-28-14-6-20-39(49)40-21-7-15-29-50(40)64)55(53)62-46-25-11-9-23-42(46)44-35-59-33-31-52(44)62/h1-35H. The zero-order valence-electron chi connectivity index (χ0n) is 34.3. The third kappa shape index (κ3) is 4.72. The summed E-state index contributed by atoms with van der Waals surface area (Å²) in [5, 5.41) is 9.03. The quantitative estimate of drug-likeness (QED) is 0.174. The van der Waals surface area contributed by atoms with Crippen molar-refractivity contribution in [1.29, 1.82) is 0 Å². The molecule has 0 aliphatic rings. The predicted octanol–water partition coefficient (Wildman–Crippen LogP) is 13.9. The van der Waals surface area contributed by atoms with Crippen LogP contribution in [0.25, 0.3) is 121 Å². The molecular formula is C57H35N7. The molecule has 14 aromatic rings. The number of hydrogen-bond donors (Lipinski definition) is 0. The Morgan fingerprint density at radius 2 is 0.562 bits per heavy atom. The highest BCUT2D eigenvalue weighted by Gasteiger charge is 2.32. The molecule has 0 bridgehead atoms. The maximum atomic E-state index is 6.24. The summed E-state index contributed by atoms with van der Waals surface area (Å²) in [4.78, 5) is 15.6. The fourth-order valence-corrected chi connectivity index (χ4v) is 10.6. The summed E-state index contributed by atoms with van der Waals surface area (Å²) in [5.74, 6) is 1.61. The maximum absolute atomic E-state index is 6.24. The van der Waals surface area contributed by atoms with Crippen LogP contribution in [0.15, 0.2) is 213 Å². The molecule has 0 fully saturated rings. The van der Waals surface area contributed by atoms with Gasteiger partial charge in [0.2, 0.25) is 0 Å². The molecule has 0 radical (unpaired) electrons. The molecular weight excluding hydrogens is 783 g/mol. The summed E-state index contributed by atoms with van der Waals surface area (Å²) in [7, 11) is 0. The number of fused-ring (bicyclic) bond motifs is 12. The van der Waals surface area contributed by atoms with Crippen LogP contribution in [0.2, 0.25) is 0 Å². The summed E-state index contributed by atoms with van der Waals surface area (Å²) in [6.07, 6.45) is 7.80. The third-order valence-corrected chi connectivity index (χ3v) is 13.2. The Morgan fingerprint density at radius 1 is 0.266 bits per heavy atom. The lowest BCUT2D eigenvalue weighted by atomic mass is 10.0. The fourth-order valence-electron chi connectivity index (χ4n) is 10.6. The van der Waals surface area contributed by atoms with Gasteiger partial charge in [-0.15, -0.1) is 0 Å². The minimum absolute atomic E-state index is 0.804. The van der Waals surface area contributed by atoms with E-state index in [2.05, 4.69) is 216 Å². The van der Waals surface area contributed by atoms with E-state index < -0.39 is 0 Å². The van der Waals surface area contributed by atoms with Gasteiger partial charge in [-0.25, -0.2) is 4.98 Å². The van der Waals surface area contributed by atoms with E-state index in [-0.39, 0.29) is 0 Å². The first-order chi connectivity index (χ1) is 31.8. The van der Waals surface area contributed by atoms with Crippen molar-refractivity contribution in [2.45, 2.75) is 0 Å².